The van der Waals surface area contributed by atoms with Crippen LogP contribution < -0.4 is 15.1 Å². The Labute approximate surface area is 169 Å². The first kappa shape index (κ1) is 20.2. The summed E-state index contributed by atoms with van der Waals surface area (Å²) in [7, 11) is 0. The Morgan fingerprint density at radius 1 is 1.44 bits per heavy atom. The number of hydrogen-bond acceptors (Lipinski definition) is 5. The summed E-state index contributed by atoms with van der Waals surface area (Å²) in [6, 6.07) is 4.98. The number of anilines is 2. The third-order valence-electron chi connectivity index (χ3n) is 5.03. The molecule has 27 heavy (non-hydrogen) atoms. The highest BCUT2D eigenvalue weighted by molar-refractivity contribution is 7.99. The molecule has 0 aromatic heterocycles. The molecule has 3 rings (SSSR count). The summed E-state index contributed by atoms with van der Waals surface area (Å²) >= 11 is 7.22. The highest BCUT2D eigenvalue weighted by Crippen LogP contribution is 2.29. The molecule has 1 N–H and O–H groups in total. The molecule has 2 heterocycles. The van der Waals surface area contributed by atoms with Gasteiger partial charge in [-0.15, -0.1) is 0 Å². The monoisotopic (exact) mass is 411 g/mol. The maximum absolute atomic E-state index is 14.6. The normalized spacial score (nSPS) is 21.1. The highest BCUT2D eigenvalue weighted by Gasteiger charge is 2.33. The van der Waals surface area contributed by atoms with E-state index in [1.165, 1.54) is 11.0 Å². The summed E-state index contributed by atoms with van der Waals surface area (Å²) in [4.78, 5) is 16.5. The number of ether oxygens (including phenoxy) is 1. The predicted molar refractivity (Wildman–Crippen MR) is 114 cm³/mol. The quantitative estimate of drug-likeness (QED) is 0.721. The van der Waals surface area contributed by atoms with Gasteiger partial charge in [0.1, 0.15) is 11.9 Å². The summed E-state index contributed by atoms with van der Waals surface area (Å²) in [6.07, 6.45) is 0.211. The van der Waals surface area contributed by atoms with Gasteiger partial charge in [0.25, 0.3) is 0 Å². The van der Waals surface area contributed by atoms with Crippen molar-refractivity contribution in [3.05, 3.63) is 24.0 Å². The van der Waals surface area contributed by atoms with Gasteiger partial charge in [-0.2, -0.15) is 11.8 Å². The number of carbonyl (C=O) groups excluding carboxylic acids is 1. The van der Waals surface area contributed by atoms with E-state index in [0.29, 0.717) is 30.4 Å². The molecule has 2 aliphatic rings. The molecular weight excluding hydrogens is 385 g/mol. The number of cyclic esters (lactones) is 1. The summed E-state index contributed by atoms with van der Waals surface area (Å²) in [5.41, 5.74) is 1.13. The average molecular weight is 412 g/mol. The molecule has 1 aromatic rings. The smallest absolute Gasteiger partial charge is 0.414 e. The number of hydrogen-bond donors (Lipinski definition) is 1. The molecule has 0 aliphatic carbocycles. The Bertz CT molecular complexity index is 698. The van der Waals surface area contributed by atoms with Crippen molar-refractivity contribution < 1.29 is 13.9 Å². The molecule has 1 unspecified atom stereocenters. The molecule has 0 saturated carbocycles. The molecule has 2 atom stereocenters. The number of nitrogens with zero attached hydrogens (tertiary/aromatic N) is 2. The molecule has 2 saturated heterocycles. The van der Waals surface area contributed by atoms with Crippen molar-refractivity contribution in [1.82, 2.24) is 5.32 Å². The van der Waals surface area contributed by atoms with Crippen molar-refractivity contribution >= 4 is 46.4 Å². The summed E-state index contributed by atoms with van der Waals surface area (Å²) in [5, 5.41) is 3.18. The fraction of sp³-hybridized carbons (Fsp3) is 0.579. The first-order chi connectivity index (χ1) is 13.0. The van der Waals surface area contributed by atoms with Crippen LogP contribution in [0.2, 0.25) is 0 Å². The van der Waals surface area contributed by atoms with Crippen molar-refractivity contribution in [3.8, 4) is 0 Å². The van der Waals surface area contributed by atoms with E-state index in [0.717, 1.165) is 36.0 Å². The maximum atomic E-state index is 14.6. The van der Waals surface area contributed by atoms with Crippen molar-refractivity contribution in [2.75, 3.05) is 47.5 Å². The van der Waals surface area contributed by atoms with Crippen molar-refractivity contribution in [2.24, 2.45) is 5.92 Å². The van der Waals surface area contributed by atoms with Crippen molar-refractivity contribution in [3.63, 3.8) is 0 Å². The lowest BCUT2D eigenvalue weighted by Crippen LogP contribution is -2.36. The molecule has 2 aliphatic heterocycles. The molecule has 2 fully saturated rings. The van der Waals surface area contributed by atoms with Crippen LogP contribution in [0.4, 0.5) is 20.6 Å². The predicted octanol–water partition coefficient (Wildman–Crippen LogP) is 3.67. The first-order valence-electron chi connectivity index (χ1n) is 9.37. The average Bonchev–Trinajstić information content (AvgIpc) is 3.06. The molecule has 0 radical (unpaired) electrons. The molecule has 148 valence electrons. The number of carbonyl (C=O) groups is 1. The molecule has 1 amide bonds. The standard InChI is InChI=1S/C19H26FN3O2S2/c1-3-13(2)18(26)21-11-15-12-23(19(24)25-15)14-4-5-17(16(20)10-14)22-6-8-27-9-7-22/h4-5,10,13,15H,3,6-9,11-12H2,1-2H3,(H,21,26)/t13-,15?/m0/s1. The van der Waals surface area contributed by atoms with E-state index in [2.05, 4.69) is 24.1 Å². The van der Waals surface area contributed by atoms with Crippen LogP contribution in [0.3, 0.4) is 0 Å². The third-order valence-corrected chi connectivity index (χ3v) is 6.52. The Balaban J connectivity index is 1.62. The lowest BCUT2D eigenvalue weighted by Gasteiger charge is -2.29. The fourth-order valence-corrected chi connectivity index (χ4v) is 4.29. The van der Waals surface area contributed by atoms with Crippen molar-refractivity contribution in [1.29, 1.82) is 0 Å². The number of rotatable bonds is 6. The van der Waals surface area contributed by atoms with Crippen LogP contribution in [0, 0.1) is 11.7 Å². The highest BCUT2D eigenvalue weighted by atomic mass is 32.2. The van der Waals surface area contributed by atoms with Gasteiger partial charge in [0.05, 0.1) is 29.5 Å². The van der Waals surface area contributed by atoms with Gasteiger partial charge in [0, 0.05) is 30.5 Å². The van der Waals surface area contributed by atoms with Crippen LogP contribution in [0.5, 0.6) is 0 Å². The minimum Gasteiger partial charge on any atom is -0.442 e. The Morgan fingerprint density at radius 2 is 2.19 bits per heavy atom. The van der Waals surface area contributed by atoms with E-state index >= 15 is 0 Å². The van der Waals surface area contributed by atoms with Crippen LogP contribution in [0.1, 0.15) is 20.3 Å². The topological polar surface area (TPSA) is 44.8 Å². The zero-order chi connectivity index (χ0) is 19.4. The second-order valence-corrected chi connectivity index (χ2v) is 8.57. The van der Waals surface area contributed by atoms with Gasteiger partial charge < -0.3 is 15.0 Å². The number of halogens is 1. The van der Waals surface area contributed by atoms with Crippen LogP contribution in [0.25, 0.3) is 0 Å². The molecule has 1 aromatic carbocycles. The molecule has 0 bridgehead atoms. The second kappa shape index (κ2) is 9.10. The number of thioether (sulfide) groups is 1. The largest absolute Gasteiger partial charge is 0.442 e. The minimum absolute atomic E-state index is 0.294. The summed E-state index contributed by atoms with van der Waals surface area (Å²) in [5.74, 6) is 2.01. The second-order valence-electron chi connectivity index (χ2n) is 6.91. The van der Waals surface area contributed by atoms with Gasteiger partial charge in [-0.25, -0.2) is 9.18 Å². The third kappa shape index (κ3) is 4.85. The van der Waals surface area contributed by atoms with Gasteiger partial charge in [-0.3, -0.25) is 4.90 Å². The molecule has 8 heteroatoms. The lowest BCUT2D eigenvalue weighted by atomic mass is 10.1. The minimum atomic E-state index is -0.446. The number of nitrogens with one attached hydrogen (secondary N) is 1. The first-order valence-corrected chi connectivity index (χ1v) is 10.9. The van der Waals surface area contributed by atoms with E-state index in [9.17, 15) is 9.18 Å². The van der Waals surface area contributed by atoms with Gasteiger partial charge >= 0.3 is 6.09 Å². The van der Waals surface area contributed by atoms with Crippen LogP contribution in [-0.2, 0) is 4.74 Å². The Hall–Kier alpha value is -1.54. The van der Waals surface area contributed by atoms with Crippen LogP contribution in [0.15, 0.2) is 18.2 Å². The molecule has 5 nitrogen and oxygen atoms in total. The molecule has 0 spiro atoms. The Kier molecular flexibility index (Phi) is 6.81. The summed E-state index contributed by atoms with van der Waals surface area (Å²) < 4.78 is 20.0. The van der Waals surface area contributed by atoms with Crippen LogP contribution in [-0.4, -0.2) is 54.9 Å². The fourth-order valence-electron chi connectivity index (χ4n) is 3.14. The van der Waals surface area contributed by atoms with E-state index in [1.807, 2.05) is 11.8 Å². The molecular formula is C19H26FN3O2S2. The van der Waals surface area contributed by atoms with E-state index in [1.54, 1.807) is 12.1 Å². The van der Waals surface area contributed by atoms with Crippen LogP contribution >= 0.6 is 24.0 Å². The number of benzene rings is 1. The maximum Gasteiger partial charge on any atom is 0.414 e. The summed E-state index contributed by atoms with van der Waals surface area (Å²) in [6.45, 7) is 6.68. The SMILES string of the molecule is CC[C@H](C)C(=S)NCC1CN(c2ccc(N3CCSCC3)c(F)c2)C(=O)O1. The van der Waals surface area contributed by atoms with Gasteiger partial charge in [0.15, 0.2) is 0 Å². The van der Waals surface area contributed by atoms with Gasteiger partial charge in [0.2, 0.25) is 0 Å². The van der Waals surface area contributed by atoms with E-state index in [-0.39, 0.29) is 11.9 Å². The Morgan fingerprint density at radius 3 is 2.85 bits per heavy atom. The number of amides is 1. The lowest BCUT2D eigenvalue weighted by molar-refractivity contribution is 0.142. The van der Waals surface area contributed by atoms with E-state index < -0.39 is 6.09 Å². The zero-order valence-electron chi connectivity index (χ0n) is 15.7. The zero-order valence-corrected chi connectivity index (χ0v) is 17.4. The van der Waals surface area contributed by atoms with Gasteiger partial charge in [-0.1, -0.05) is 26.1 Å². The van der Waals surface area contributed by atoms with Gasteiger partial charge in [-0.05, 0) is 24.6 Å². The van der Waals surface area contributed by atoms with Crippen molar-refractivity contribution in [2.45, 2.75) is 26.4 Å². The van der Waals surface area contributed by atoms with E-state index in [4.69, 9.17) is 17.0 Å². The number of thiocarbonyl (C=S) groups is 1.